The minimum atomic E-state index is -1.71. The average Bonchev–Trinajstić information content (AvgIpc) is 2.26. The van der Waals surface area contributed by atoms with Crippen molar-refractivity contribution in [2.24, 2.45) is 0 Å². The van der Waals surface area contributed by atoms with E-state index in [1.54, 1.807) is 0 Å². The van der Waals surface area contributed by atoms with Crippen LogP contribution in [0.3, 0.4) is 0 Å². The number of ether oxygens (including phenoxy) is 1. The third-order valence-corrected chi connectivity index (χ3v) is 9.68. The number of benzene rings is 1. The zero-order valence-corrected chi connectivity index (χ0v) is 15.7. The first kappa shape index (κ1) is 16.2. The first-order chi connectivity index (χ1) is 9.16. The largest absolute Gasteiger partial charge is 0.416 e. The Morgan fingerprint density at radius 1 is 1.30 bits per heavy atom. The summed E-state index contributed by atoms with van der Waals surface area (Å²) in [6.45, 7) is 13.7. The molecule has 0 aromatic heterocycles. The van der Waals surface area contributed by atoms with E-state index in [4.69, 9.17) is 9.16 Å². The molecule has 0 saturated carbocycles. The van der Waals surface area contributed by atoms with E-state index in [1.807, 2.05) is 0 Å². The third-order valence-electron chi connectivity index (χ3n) is 4.71. The zero-order valence-electron chi connectivity index (χ0n) is 13.1. The molecule has 0 amide bonds. The van der Waals surface area contributed by atoms with Crippen molar-refractivity contribution < 1.29 is 9.16 Å². The molecule has 20 heavy (non-hydrogen) atoms. The standard InChI is InChI=1S/C16H25BrO2Si/c1-15(2,3)20(4,5)19-12-16(10-18-11-16)13-7-6-8-14(17)9-13/h6-9H,10-12H2,1-5H3. The lowest BCUT2D eigenvalue weighted by Crippen LogP contribution is -2.54. The van der Waals surface area contributed by atoms with Crippen LogP contribution in [0.15, 0.2) is 28.7 Å². The molecule has 0 aliphatic carbocycles. The molecular formula is C16H25BrO2Si. The van der Waals surface area contributed by atoms with Crippen molar-refractivity contribution in [3.8, 4) is 0 Å². The van der Waals surface area contributed by atoms with Gasteiger partial charge in [-0.1, -0.05) is 48.8 Å². The van der Waals surface area contributed by atoms with Crippen LogP contribution in [0.2, 0.25) is 18.1 Å². The monoisotopic (exact) mass is 356 g/mol. The van der Waals surface area contributed by atoms with E-state index in [0.717, 1.165) is 24.3 Å². The maximum absolute atomic E-state index is 6.44. The predicted molar refractivity (Wildman–Crippen MR) is 89.8 cm³/mol. The highest BCUT2D eigenvalue weighted by Crippen LogP contribution is 2.40. The van der Waals surface area contributed by atoms with Gasteiger partial charge >= 0.3 is 0 Å². The molecule has 1 saturated heterocycles. The van der Waals surface area contributed by atoms with Crippen molar-refractivity contribution >= 4 is 24.2 Å². The van der Waals surface area contributed by atoms with Crippen LogP contribution in [-0.2, 0) is 14.6 Å². The van der Waals surface area contributed by atoms with Gasteiger partial charge in [-0.2, -0.15) is 0 Å². The van der Waals surface area contributed by atoms with Gasteiger partial charge in [-0.3, -0.25) is 0 Å². The second-order valence-corrected chi connectivity index (χ2v) is 13.1. The summed E-state index contributed by atoms with van der Waals surface area (Å²) in [6, 6.07) is 8.52. The van der Waals surface area contributed by atoms with Crippen LogP contribution in [0.4, 0.5) is 0 Å². The molecule has 4 heteroatoms. The van der Waals surface area contributed by atoms with Crippen LogP contribution in [0.25, 0.3) is 0 Å². The maximum atomic E-state index is 6.44. The lowest BCUT2D eigenvalue weighted by molar-refractivity contribution is -0.0816. The highest BCUT2D eigenvalue weighted by molar-refractivity contribution is 9.10. The average molecular weight is 357 g/mol. The topological polar surface area (TPSA) is 18.5 Å². The quantitative estimate of drug-likeness (QED) is 0.725. The molecule has 1 heterocycles. The fourth-order valence-electron chi connectivity index (χ4n) is 2.04. The normalized spacial score (nSPS) is 18.7. The number of hydrogen-bond acceptors (Lipinski definition) is 2. The van der Waals surface area contributed by atoms with E-state index in [0.29, 0.717) is 0 Å². The Balaban J connectivity index is 2.14. The Morgan fingerprint density at radius 3 is 2.40 bits per heavy atom. The van der Waals surface area contributed by atoms with Crippen molar-refractivity contribution in [1.82, 2.24) is 0 Å². The Hall–Kier alpha value is -0.163. The Bertz CT molecular complexity index is 476. The van der Waals surface area contributed by atoms with Gasteiger partial charge in [0.25, 0.3) is 0 Å². The molecule has 112 valence electrons. The molecule has 2 rings (SSSR count). The van der Waals surface area contributed by atoms with Gasteiger partial charge in [0.2, 0.25) is 0 Å². The van der Waals surface area contributed by atoms with Gasteiger partial charge < -0.3 is 9.16 Å². The minimum Gasteiger partial charge on any atom is -0.416 e. The molecular weight excluding hydrogens is 332 g/mol. The lowest BCUT2D eigenvalue weighted by Gasteiger charge is -2.45. The van der Waals surface area contributed by atoms with E-state index in [-0.39, 0.29) is 10.5 Å². The molecule has 0 radical (unpaired) electrons. The highest BCUT2D eigenvalue weighted by Gasteiger charge is 2.45. The van der Waals surface area contributed by atoms with Gasteiger partial charge in [0.1, 0.15) is 0 Å². The van der Waals surface area contributed by atoms with Crippen LogP contribution in [0, 0.1) is 0 Å². The molecule has 0 atom stereocenters. The van der Waals surface area contributed by atoms with Crippen LogP contribution < -0.4 is 0 Å². The smallest absolute Gasteiger partial charge is 0.192 e. The van der Waals surface area contributed by atoms with Crippen molar-refractivity contribution in [3.63, 3.8) is 0 Å². The van der Waals surface area contributed by atoms with Crippen molar-refractivity contribution in [2.75, 3.05) is 19.8 Å². The van der Waals surface area contributed by atoms with Crippen LogP contribution in [0.5, 0.6) is 0 Å². The summed E-state index contributed by atoms with van der Waals surface area (Å²) < 4.78 is 13.1. The number of halogens is 1. The van der Waals surface area contributed by atoms with Crippen LogP contribution in [-0.4, -0.2) is 28.1 Å². The molecule has 0 bridgehead atoms. The zero-order chi connectivity index (χ0) is 15.0. The van der Waals surface area contributed by atoms with Crippen LogP contribution in [0.1, 0.15) is 26.3 Å². The Labute approximate surface area is 132 Å². The highest BCUT2D eigenvalue weighted by atomic mass is 79.9. The van der Waals surface area contributed by atoms with Gasteiger partial charge in [-0.05, 0) is 35.8 Å². The van der Waals surface area contributed by atoms with Gasteiger partial charge in [0.05, 0.1) is 18.6 Å². The third kappa shape index (κ3) is 3.19. The molecule has 1 fully saturated rings. The predicted octanol–water partition coefficient (Wildman–Crippen LogP) is 4.74. The fourth-order valence-corrected chi connectivity index (χ4v) is 3.50. The molecule has 1 aliphatic heterocycles. The number of rotatable bonds is 4. The first-order valence-electron chi connectivity index (χ1n) is 7.14. The Morgan fingerprint density at radius 2 is 1.95 bits per heavy atom. The summed E-state index contributed by atoms with van der Waals surface area (Å²) in [5, 5.41) is 0.246. The molecule has 0 spiro atoms. The van der Waals surface area contributed by atoms with E-state index < -0.39 is 8.32 Å². The lowest BCUT2D eigenvalue weighted by atomic mass is 9.79. The first-order valence-corrected chi connectivity index (χ1v) is 10.8. The van der Waals surface area contributed by atoms with Gasteiger partial charge in [-0.15, -0.1) is 0 Å². The summed E-state index contributed by atoms with van der Waals surface area (Å²) in [6.07, 6.45) is 0. The van der Waals surface area contributed by atoms with Crippen molar-refractivity contribution in [3.05, 3.63) is 34.3 Å². The van der Waals surface area contributed by atoms with Crippen LogP contribution >= 0.6 is 15.9 Å². The maximum Gasteiger partial charge on any atom is 0.192 e. The fraction of sp³-hybridized carbons (Fsp3) is 0.625. The molecule has 1 aromatic rings. The van der Waals surface area contributed by atoms with E-state index in [1.165, 1.54) is 5.56 Å². The van der Waals surface area contributed by atoms with Crippen molar-refractivity contribution in [1.29, 1.82) is 0 Å². The Kier molecular flexibility index (Phi) is 4.51. The minimum absolute atomic E-state index is 0.0410. The summed E-state index contributed by atoms with van der Waals surface area (Å²) in [5.74, 6) is 0. The summed E-state index contributed by atoms with van der Waals surface area (Å²) in [4.78, 5) is 0. The SMILES string of the molecule is CC(C)(C)[Si](C)(C)OCC1(c2cccc(Br)c2)COC1. The van der Waals surface area contributed by atoms with E-state index in [9.17, 15) is 0 Å². The summed E-state index contributed by atoms with van der Waals surface area (Å²) in [7, 11) is -1.71. The molecule has 1 aliphatic rings. The second-order valence-electron chi connectivity index (χ2n) is 7.33. The number of hydrogen-bond donors (Lipinski definition) is 0. The molecule has 1 aromatic carbocycles. The van der Waals surface area contributed by atoms with E-state index >= 15 is 0 Å². The molecule has 0 unspecified atom stereocenters. The summed E-state index contributed by atoms with van der Waals surface area (Å²) >= 11 is 3.56. The van der Waals surface area contributed by atoms with Gasteiger partial charge in [0.15, 0.2) is 8.32 Å². The van der Waals surface area contributed by atoms with Crippen molar-refractivity contribution in [2.45, 2.75) is 44.3 Å². The second kappa shape index (κ2) is 5.56. The summed E-state index contributed by atoms with van der Waals surface area (Å²) in [5.41, 5.74) is 1.36. The molecule has 0 N–H and O–H groups in total. The molecule has 2 nitrogen and oxygen atoms in total. The van der Waals surface area contributed by atoms with Gasteiger partial charge in [0, 0.05) is 11.1 Å². The van der Waals surface area contributed by atoms with E-state index in [2.05, 4.69) is 74.1 Å². The van der Waals surface area contributed by atoms with Gasteiger partial charge in [-0.25, -0.2) is 0 Å².